The average molecular weight is 564 g/mol. The molecule has 3 aromatic carbocycles. The second-order valence-electron chi connectivity index (χ2n) is 10.1. The molecule has 0 heterocycles. The van der Waals surface area contributed by atoms with Gasteiger partial charge in [-0.1, -0.05) is 97.1 Å². The summed E-state index contributed by atoms with van der Waals surface area (Å²) < 4.78 is 0. The molecule has 0 fully saturated rings. The van der Waals surface area contributed by atoms with Gasteiger partial charge in [-0.25, -0.2) is 4.79 Å². The van der Waals surface area contributed by atoms with E-state index in [1.807, 2.05) is 30.4 Å². The SMILES string of the molecule is N#C\C(=C/C=C/C=C/C1=CCC(N(C2=CC=C(N(c3ccccc3)c3ccccc3)CC2)c2ccccc2)C=C1)C(=O)O. The van der Waals surface area contributed by atoms with Crippen molar-refractivity contribution in [1.29, 1.82) is 5.26 Å². The molecule has 0 spiro atoms. The summed E-state index contributed by atoms with van der Waals surface area (Å²) in [5.74, 6) is -1.23. The third-order valence-electron chi connectivity index (χ3n) is 7.33. The van der Waals surface area contributed by atoms with E-state index < -0.39 is 5.97 Å². The van der Waals surface area contributed by atoms with Gasteiger partial charge in [-0.15, -0.1) is 0 Å². The lowest BCUT2D eigenvalue weighted by atomic mass is 9.97. The van der Waals surface area contributed by atoms with Crippen LogP contribution in [0.4, 0.5) is 17.1 Å². The second kappa shape index (κ2) is 14.3. The second-order valence-corrected chi connectivity index (χ2v) is 10.1. The molecule has 1 unspecified atom stereocenters. The Morgan fingerprint density at radius 2 is 1.37 bits per heavy atom. The average Bonchev–Trinajstić information content (AvgIpc) is 3.06. The van der Waals surface area contributed by atoms with E-state index in [1.165, 1.54) is 17.5 Å². The minimum absolute atomic E-state index is 0.173. The summed E-state index contributed by atoms with van der Waals surface area (Å²) in [6.45, 7) is 0. The van der Waals surface area contributed by atoms with Crippen LogP contribution in [0.15, 0.2) is 174 Å². The van der Waals surface area contributed by atoms with Crippen LogP contribution in [0.1, 0.15) is 19.3 Å². The van der Waals surface area contributed by atoms with E-state index >= 15 is 0 Å². The third kappa shape index (κ3) is 7.38. The summed E-state index contributed by atoms with van der Waals surface area (Å²) in [6.07, 6.45) is 22.2. The van der Waals surface area contributed by atoms with Crippen LogP contribution in [0.25, 0.3) is 0 Å². The number of hydrogen-bond acceptors (Lipinski definition) is 4. The number of carbonyl (C=O) groups is 1. The molecule has 5 nitrogen and oxygen atoms in total. The molecule has 5 rings (SSSR count). The fourth-order valence-electron chi connectivity index (χ4n) is 5.28. The Morgan fingerprint density at radius 1 is 0.791 bits per heavy atom. The molecular formula is C38H33N3O2. The first-order chi connectivity index (χ1) is 21.1. The number of benzene rings is 3. The van der Waals surface area contributed by atoms with Gasteiger partial charge in [0, 0.05) is 28.5 Å². The van der Waals surface area contributed by atoms with Crippen LogP contribution in [0.2, 0.25) is 0 Å². The molecule has 212 valence electrons. The lowest BCUT2D eigenvalue weighted by Gasteiger charge is -2.37. The zero-order chi connectivity index (χ0) is 29.9. The number of anilines is 3. The minimum Gasteiger partial charge on any atom is -0.477 e. The fourth-order valence-corrected chi connectivity index (χ4v) is 5.28. The van der Waals surface area contributed by atoms with Gasteiger partial charge in [-0.3, -0.25) is 0 Å². The number of nitriles is 1. The smallest absolute Gasteiger partial charge is 0.346 e. The van der Waals surface area contributed by atoms with E-state index in [1.54, 1.807) is 18.2 Å². The van der Waals surface area contributed by atoms with E-state index in [-0.39, 0.29) is 11.6 Å². The van der Waals surface area contributed by atoms with Crippen molar-refractivity contribution in [3.8, 4) is 6.07 Å². The number of rotatable bonds is 10. The van der Waals surface area contributed by atoms with Gasteiger partial charge in [0.05, 0.1) is 6.04 Å². The van der Waals surface area contributed by atoms with Gasteiger partial charge >= 0.3 is 5.97 Å². The maximum atomic E-state index is 10.9. The first-order valence-electron chi connectivity index (χ1n) is 14.3. The van der Waals surface area contributed by atoms with Gasteiger partial charge in [-0.05, 0) is 79.5 Å². The summed E-state index contributed by atoms with van der Waals surface area (Å²) in [5.41, 5.74) is 6.78. The van der Waals surface area contributed by atoms with Gasteiger partial charge < -0.3 is 14.9 Å². The summed E-state index contributed by atoms with van der Waals surface area (Å²) in [5, 5.41) is 17.8. The van der Waals surface area contributed by atoms with Crippen LogP contribution in [0.3, 0.4) is 0 Å². The van der Waals surface area contributed by atoms with E-state index in [9.17, 15) is 4.79 Å². The van der Waals surface area contributed by atoms with Crippen LogP contribution < -0.4 is 9.80 Å². The van der Waals surface area contributed by atoms with Crippen LogP contribution in [-0.2, 0) is 4.79 Å². The maximum absolute atomic E-state index is 10.9. The van der Waals surface area contributed by atoms with Crippen molar-refractivity contribution < 1.29 is 9.90 Å². The van der Waals surface area contributed by atoms with Crippen molar-refractivity contribution in [3.05, 3.63) is 174 Å². The topological polar surface area (TPSA) is 67.6 Å². The Hall–Kier alpha value is -5.60. The molecule has 0 amide bonds. The Labute approximate surface area is 253 Å². The summed E-state index contributed by atoms with van der Waals surface area (Å²) >= 11 is 0. The molecule has 0 aromatic heterocycles. The van der Waals surface area contributed by atoms with Crippen molar-refractivity contribution in [2.75, 3.05) is 9.80 Å². The molecular weight excluding hydrogens is 530 g/mol. The summed E-state index contributed by atoms with van der Waals surface area (Å²) in [7, 11) is 0. The van der Waals surface area contributed by atoms with Gasteiger partial charge in [0.2, 0.25) is 0 Å². The maximum Gasteiger partial charge on any atom is 0.346 e. The van der Waals surface area contributed by atoms with Gasteiger partial charge in [0.25, 0.3) is 0 Å². The van der Waals surface area contributed by atoms with Gasteiger partial charge in [-0.2, -0.15) is 5.26 Å². The molecule has 0 saturated heterocycles. The molecule has 2 aliphatic rings. The van der Waals surface area contributed by atoms with Crippen LogP contribution >= 0.6 is 0 Å². The summed E-state index contributed by atoms with van der Waals surface area (Å²) in [6, 6.07) is 33.4. The van der Waals surface area contributed by atoms with E-state index in [0.29, 0.717) is 0 Å². The number of para-hydroxylation sites is 3. The van der Waals surface area contributed by atoms with Crippen molar-refractivity contribution in [2.45, 2.75) is 25.3 Å². The highest BCUT2D eigenvalue weighted by Gasteiger charge is 2.24. The van der Waals surface area contributed by atoms with E-state index in [0.717, 1.165) is 41.9 Å². The van der Waals surface area contributed by atoms with Crippen molar-refractivity contribution in [3.63, 3.8) is 0 Å². The molecule has 0 bridgehead atoms. The number of carboxylic acids is 1. The van der Waals surface area contributed by atoms with E-state index in [4.69, 9.17) is 10.4 Å². The van der Waals surface area contributed by atoms with Crippen LogP contribution in [-0.4, -0.2) is 17.1 Å². The highest BCUT2D eigenvalue weighted by Crippen LogP contribution is 2.37. The molecule has 1 N–H and O–H groups in total. The monoisotopic (exact) mass is 563 g/mol. The molecule has 1 atom stereocenters. The summed E-state index contributed by atoms with van der Waals surface area (Å²) in [4.78, 5) is 15.7. The number of hydrogen-bond donors (Lipinski definition) is 1. The first kappa shape index (κ1) is 28.9. The van der Waals surface area contributed by atoms with Crippen LogP contribution in [0, 0.1) is 11.3 Å². The first-order valence-corrected chi connectivity index (χ1v) is 14.3. The molecule has 0 aliphatic heterocycles. The van der Waals surface area contributed by atoms with Crippen LogP contribution in [0.5, 0.6) is 0 Å². The lowest BCUT2D eigenvalue weighted by Crippen LogP contribution is -2.34. The van der Waals surface area contributed by atoms with Gasteiger partial charge in [0.1, 0.15) is 11.6 Å². The minimum atomic E-state index is -1.23. The number of nitrogens with zero attached hydrogens (tertiary/aromatic N) is 3. The Kier molecular flexibility index (Phi) is 9.64. The molecule has 5 heteroatoms. The van der Waals surface area contributed by atoms with Crippen molar-refractivity contribution in [2.24, 2.45) is 0 Å². The van der Waals surface area contributed by atoms with Crippen molar-refractivity contribution >= 4 is 23.0 Å². The standard InChI is InChI=1S/C38H33N3O2/c39-29-31(38(42)43)14-6-1-5-13-30-21-23-35(24-22-30)41(34-19-11-4-12-20-34)37-27-25-36(26-28-37)40(32-15-7-2-8-16-32)33-17-9-3-10-18-33/h1-23,25,27,35H,24,26,28H2,(H,42,43)/b6-1+,13-5+,31-14+. The third-order valence-corrected chi connectivity index (χ3v) is 7.33. The largest absolute Gasteiger partial charge is 0.477 e. The predicted octanol–water partition coefficient (Wildman–Crippen LogP) is 8.79. The Morgan fingerprint density at radius 3 is 1.88 bits per heavy atom. The molecule has 43 heavy (non-hydrogen) atoms. The van der Waals surface area contributed by atoms with Crippen molar-refractivity contribution in [1.82, 2.24) is 0 Å². The van der Waals surface area contributed by atoms with E-state index in [2.05, 4.69) is 113 Å². The zero-order valence-corrected chi connectivity index (χ0v) is 23.8. The fraction of sp³-hybridized carbons (Fsp3) is 0.105. The zero-order valence-electron chi connectivity index (χ0n) is 23.8. The predicted molar refractivity (Wildman–Crippen MR) is 175 cm³/mol. The Balaban J connectivity index is 1.36. The highest BCUT2D eigenvalue weighted by molar-refractivity contribution is 5.91. The normalized spacial score (nSPS) is 16.8. The molecule has 2 aliphatic carbocycles. The number of allylic oxidation sites excluding steroid dienone is 11. The number of aliphatic carboxylic acids is 1. The number of carboxylic acid groups (broad SMARTS) is 1. The van der Waals surface area contributed by atoms with Gasteiger partial charge in [0.15, 0.2) is 0 Å². The molecule has 3 aromatic rings. The quantitative estimate of drug-likeness (QED) is 0.152. The highest BCUT2D eigenvalue weighted by atomic mass is 16.4. The Bertz CT molecular complexity index is 1630. The molecule has 0 saturated carbocycles. The molecule has 0 radical (unpaired) electrons. The lowest BCUT2D eigenvalue weighted by molar-refractivity contribution is -0.132.